The first-order chi connectivity index (χ1) is 18.8. The Labute approximate surface area is 226 Å². The molecule has 4 heterocycles. The molecule has 2 fully saturated rings. The first kappa shape index (κ1) is 24.3. The van der Waals surface area contributed by atoms with Crippen molar-refractivity contribution in [3.05, 3.63) is 64.2 Å². The summed E-state index contributed by atoms with van der Waals surface area (Å²) in [6.45, 7) is 8.40. The number of nitrogens with zero attached hydrogens (tertiary/aromatic N) is 7. The van der Waals surface area contributed by atoms with Crippen molar-refractivity contribution in [3.8, 4) is 5.82 Å². The molecule has 0 amide bonds. The number of hydrogen-bond donors (Lipinski definition) is 2. The van der Waals surface area contributed by atoms with Crippen molar-refractivity contribution in [1.82, 2.24) is 29.2 Å². The van der Waals surface area contributed by atoms with E-state index in [0.717, 1.165) is 56.7 Å². The Balaban J connectivity index is 1.23. The molecule has 0 bridgehead atoms. The van der Waals surface area contributed by atoms with Gasteiger partial charge in [0.15, 0.2) is 11.5 Å². The lowest BCUT2D eigenvalue weighted by molar-refractivity contribution is -0.0102. The quantitative estimate of drug-likeness (QED) is 0.409. The fourth-order valence-electron chi connectivity index (χ4n) is 6.32. The van der Waals surface area contributed by atoms with E-state index in [1.165, 1.54) is 5.69 Å². The largest absolute Gasteiger partial charge is 0.383 e. The maximum Gasteiger partial charge on any atom is 0.278 e. The van der Waals surface area contributed by atoms with Crippen LogP contribution in [-0.2, 0) is 18.6 Å². The van der Waals surface area contributed by atoms with E-state index >= 15 is 0 Å². The maximum absolute atomic E-state index is 13.3. The predicted molar refractivity (Wildman–Crippen MR) is 151 cm³/mol. The fraction of sp³-hybridized carbons (Fsp3) is 0.448. The van der Waals surface area contributed by atoms with Gasteiger partial charge < -0.3 is 20.2 Å². The molecular weight excluding hydrogens is 492 g/mol. The van der Waals surface area contributed by atoms with E-state index in [2.05, 4.69) is 39.3 Å². The minimum absolute atomic E-state index is 0.0940. The minimum atomic E-state index is -0.976. The van der Waals surface area contributed by atoms with Gasteiger partial charge in [0.25, 0.3) is 5.56 Å². The third-order valence-corrected chi connectivity index (χ3v) is 9.02. The number of likely N-dealkylation sites (N-methyl/N-ethyl adjacent to an activating group) is 1. The highest BCUT2D eigenvalue weighted by Crippen LogP contribution is 2.64. The molecule has 10 heteroatoms. The van der Waals surface area contributed by atoms with Crippen LogP contribution in [0.25, 0.3) is 16.9 Å². The van der Waals surface area contributed by atoms with Crippen LogP contribution < -0.4 is 15.8 Å². The van der Waals surface area contributed by atoms with Crippen LogP contribution in [0.1, 0.15) is 37.9 Å². The lowest BCUT2D eigenvalue weighted by Gasteiger charge is -2.34. The van der Waals surface area contributed by atoms with E-state index in [-0.39, 0.29) is 11.0 Å². The molecule has 202 valence electrons. The van der Waals surface area contributed by atoms with Crippen LogP contribution >= 0.6 is 0 Å². The summed E-state index contributed by atoms with van der Waals surface area (Å²) in [7, 11) is 2.16. The van der Waals surface area contributed by atoms with Crippen molar-refractivity contribution < 1.29 is 5.11 Å². The van der Waals surface area contributed by atoms with Crippen molar-refractivity contribution in [2.24, 2.45) is 5.41 Å². The lowest BCUT2D eigenvalue weighted by atomic mass is 9.88. The molecule has 7 rings (SSSR count). The van der Waals surface area contributed by atoms with Gasteiger partial charge in [0.2, 0.25) is 5.95 Å². The highest BCUT2D eigenvalue weighted by atomic mass is 16.3. The van der Waals surface area contributed by atoms with E-state index in [1.807, 2.05) is 38.1 Å². The van der Waals surface area contributed by atoms with Gasteiger partial charge in [-0.15, -0.1) is 0 Å². The number of piperazine rings is 1. The Morgan fingerprint density at radius 3 is 2.46 bits per heavy atom. The predicted octanol–water partition coefficient (Wildman–Crippen LogP) is 3.04. The van der Waals surface area contributed by atoms with Gasteiger partial charge in [-0.2, -0.15) is 4.98 Å². The summed E-state index contributed by atoms with van der Waals surface area (Å²) in [5, 5.41) is 15.1. The summed E-state index contributed by atoms with van der Waals surface area (Å²) in [5.74, 6) is 0.976. The minimum Gasteiger partial charge on any atom is -0.383 e. The van der Waals surface area contributed by atoms with Crippen LogP contribution in [0.3, 0.4) is 0 Å². The molecule has 1 saturated carbocycles. The number of aliphatic hydroxyl groups is 1. The number of fused-ring (bicyclic) bond motifs is 2. The van der Waals surface area contributed by atoms with E-state index in [9.17, 15) is 9.90 Å². The molecule has 10 nitrogen and oxygen atoms in total. The van der Waals surface area contributed by atoms with Crippen molar-refractivity contribution in [2.75, 3.05) is 43.4 Å². The summed E-state index contributed by atoms with van der Waals surface area (Å²) in [6, 6.07) is 12.3. The normalized spacial score (nSPS) is 22.0. The Kier molecular flexibility index (Phi) is 5.37. The molecule has 1 spiro atoms. The third kappa shape index (κ3) is 3.76. The number of hydrogen-bond acceptors (Lipinski definition) is 8. The zero-order valence-corrected chi connectivity index (χ0v) is 22.7. The Bertz CT molecular complexity index is 1630. The number of aromatic nitrogens is 5. The van der Waals surface area contributed by atoms with Crippen molar-refractivity contribution in [3.63, 3.8) is 0 Å². The highest BCUT2D eigenvalue weighted by Gasteiger charge is 2.62. The van der Waals surface area contributed by atoms with Gasteiger partial charge in [0.1, 0.15) is 11.0 Å². The van der Waals surface area contributed by atoms with Gasteiger partial charge in [-0.1, -0.05) is 6.07 Å². The lowest BCUT2D eigenvalue weighted by Crippen LogP contribution is -2.44. The van der Waals surface area contributed by atoms with Crippen molar-refractivity contribution in [1.29, 1.82) is 0 Å². The number of rotatable bonds is 5. The smallest absolute Gasteiger partial charge is 0.278 e. The Morgan fingerprint density at radius 1 is 1.03 bits per heavy atom. The topological polar surface area (TPSA) is 104 Å². The summed E-state index contributed by atoms with van der Waals surface area (Å²) in [4.78, 5) is 32.1. The molecular formula is C29H34N8O2. The molecule has 1 unspecified atom stereocenters. The van der Waals surface area contributed by atoms with Crippen LogP contribution in [0.2, 0.25) is 0 Å². The van der Waals surface area contributed by atoms with Gasteiger partial charge in [0.05, 0.1) is 5.69 Å². The molecule has 1 aliphatic heterocycles. The van der Waals surface area contributed by atoms with Gasteiger partial charge in [-0.05, 0) is 76.1 Å². The molecule has 4 aromatic rings. The average molecular weight is 527 g/mol. The molecule has 2 N–H and O–H groups in total. The maximum atomic E-state index is 13.3. The van der Waals surface area contributed by atoms with E-state index in [1.54, 1.807) is 15.6 Å². The molecule has 1 saturated heterocycles. The first-order valence-electron chi connectivity index (χ1n) is 13.8. The molecule has 3 aromatic heterocycles. The van der Waals surface area contributed by atoms with Crippen molar-refractivity contribution in [2.45, 2.75) is 45.3 Å². The van der Waals surface area contributed by atoms with Crippen LogP contribution in [0.5, 0.6) is 0 Å². The number of anilines is 3. The second-order valence-electron chi connectivity index (χ2n) is 11.4. The van der Waals surface area contributed by atoms with E-state index in [0.29, 0.717) is 35.0 Å². The number of pyridine rings is 1. The van der Waals surface area contributed by atoms with E-state index < -0.39 is 5.60 Å². The summed E-state index contributed by atoms with van der Waals surface area (Å²) in [6.07, 6.45) is 4.45. The molecule has 1 atom stereocenters. The second-order valence-corrected chi connectivity index (χ2v) is 11.4. The van der Waals surface area contributed by atoms with E-state index in [4.69, 9.17) is 9.97 Å². The van der Waals surface area contributed by atoms with Gasteiger partial charge in [0, 0.05) is 55.7 Å². The van der Waals surface area contributed by atoms with Crippen LogP contribution in [-0.4, -0.2) is 67.5 Å². The Morgan fingerprint density at radius 2 is 1.77 bits per heavy atom. The third-order valence-electron chi connectivity index (χ3n) is 9.02. The van der Waals surface area contributed by atoms with Gasteiger partial charge in [-0.3, -0.25) is 4.79 Å². The monoisotopic (exact) mass is 526 g/mol. The highest BCUT2D eigenvalue weighted by molar-refractivity contribution is 5.77. The molecule has 39 heavy (non-hydrogen) atoms. The second kappa shape index (κ2) is 8.62. The number of benzene rings is 1. The van der Waals surface area contributed by atoms with Crippen LogP contribution in [0.15, 0.2) is 47.4 Å². The molecule has 0 radical (unpaired) electrons. The fourth-order valence-corrected chi connectivity index (χ4v) is 6.32. The van der Waals surface area contributed by atoms with Crippen LogP contribution in [0.4, 0.5) is 17.3 Å². The summed E-state index contributed by atoms with van der Waals surface area (Å²) >= 11 is 0. The first-order valence-corrected chi connectivity index (χ1v) is 13.8. The van der Waals surface area contributed by atoms with Crippen molar-refractivity contribution >= 4 is 28.4 Å². The summed E-state index contributed by atoms with van der Waals surface area (Å²) < 4.78 is 3.38. The molecule has 1 aromatic carbocycles. The Hall–Kier alpha value is -3.76. The zero-order valence-electron chi connectivity index (χ0n) is 22.7. The SMILES string of the molecule is CCn1c(=O)c2cnc(Nc3ccc(N4CCN(C)CC4)cc3)nc2n1-c1ccc2c(n1)C(C)(O)C1(CC1)C2. The molecule has 2 aliphatic carbocycles. The van der Waals surface area contributed by atoms with Gasteiger partial charge >= 0.3 is 0 Å². The standard InChI is InChI=1S/C29H34N8O2/c1-4-36-26(38)22-18-30-27(31-20-6-8-21(9-7-20)35-15-13-34(3)14-16-35)33-25(22)37(36)23-10-5-19-17-29(11-12-29)28(2,39)24(19)32-23/h5-10,18,39H,4,11-17H2,1-3H3,(H,30,31,33). The van der Waals surface area contributed by atoms with Crippen LogP contribution in [0, 0.1) is 5.41 Å². The average Bonchev–Trinajstić information content (AvgIpc) is 3.63. The van der Waals surface area contributed by atoms with Gasteiger partial charge in [-0.25, -0.2) is 19.3 Å². The summed E-state index contributed by atoms with van der Waals surface area (Å²) in [5.41, 5.74) is 3.12. The molecule has 3 aliphatic rings. The number of nitrogens with one attached hydrogen (secondary N) is 1. The zero-order chi connectivity index (χ0) is 26.9.